The van der Waals surface area contributed by atoms with E-state index in [2.05, 4.69) is 5.16 Å². The molecule has 1 heterocycles. The van der Waals surface area contributed by atoms with Crippen molar-refractivity contribution in [1.29, 1.82) is 0 Å². The number of hydrogen-bond donors (Lipinski definition) is 0. The number of anilines is 1. The van der Waals surface area contributed by atoms with Crippen LogP contribution in [-0.4, -0.2) is 18.1 Å². The van der Waals surface area contributed by atoms with E-state index in [1.165, 1.54) is 6.42 Å². The highest BCUT2D eigenvalue weighted by Gasteiger charge is 2.26. The third-order valence-corrected chi connectivity index (χ3v) is 4.18. The molecule has 0 atom stereocenters. The topological polar surface area (TPSA) is 46.3 Å². The first kappa shape index (κ1) is 13.9. The van der Waals surface area contributed by atoms with Gasteiger partial charge in [0.2, 0.25) is 0 Å². The molecule has 1 aromatic carbocycles. The molecule has 0 saturated heterocycles. The number of carbonyl (C=O) groups excluding carboxylic acids is 1. The molecule has 1 aliphatic rings. The van der Waals surface area contributed by atoms with Gasteiger partial charge in [0.25, 0.3) is 5.91 Å². The van der Waals surface area contributed by atoms with Gasteiger partial charge in [0.05, 0.1) is 0 Å². The summed E-state index contributed by atoms with van der Waals surface area (Å²) in [6.07, 6.45) is 5.18. The molecule has 4 heteroatoms. The van der Waals surface area contributed by atoms with E-state index in [0.717, 1.165) is 48.3 Å². The molecule has 1 aromatic heterocycles. The van der Waals surface area contributed by atoms with E-state index >= 15 is 0 Å². The van der Waals surface area contributed by atoms with Crippen LogP contribution in [0, 0.1) is 6.92 Å². The van der Waals surface area contributed by atoms with Crippen LogP contribution in [0.3, 0.4) is 0 Å². The minimum atomic E-state index is -0.0869. The van der Waals surface area contributed by atoms with Crippen LogP contribution in [0.5, 0.6) is 0 Å². The fourth-order valence-corrected chi connectivity index (χ4v) is 2.94. The maximum Gasteiger partial charge on any atom is 0.280 e. The van der Waals surface area contributed by atoms with E-state index in [1.807, 2.05) is 31.2 Å². The van der Waals surface area contributed by atoms with Gasteiger partial charge in [-0.3, -0.25) is 4.79 Å². The molecule has 2 aromatic rings. The average Bonchev–Trinajstić information content (AvgIpc) is 2.75. The summed E-state index contributed by atoms with van der Waals surface area (Å²) in [5.41, 5.74) is 3.48. The molecule has 4 nitrogen and oxygen atoms in total. The van der Waals surface area contributed by atoms with Crippen LogP contribution in [-0.2, 0) is 12.8 Å². The number of hydrogen-bond acceptors (Lipinski definition) is 3. The third kappa shape index (κ3) is 2.58. The summed E-state index contributed by atoms with van der Waals surface area (Å²) in [4.78, 5) is 14.4. The largest absolute Gasteiger partial charge is 0.360 e. The van der Waals surface area contributed by atoms with E-state index in [4.69, 9.17) is 4.52 Å². The highest BCUT2D eigenvalue weighted by atomic mass is 16.5. The van der Waals surface area contributed by atoms with E-state index in [1.54, 1.807) is 11.9 Å². The lowest BCUT2D eigenvalue weighted by Crippen LogP contribution is -2.28. The highest BCUT2D eigenvalue weighted by molar-refractivity contribution is 6.05. The molecule has 110 valence electrons. The van der Waals surface area contributed by atoms with Gasteiger partial charge in [0, 0.05) is 24.7 Å². The van der Waals surface area contributed by atoms with E-state index in [-0.39, 0.29) is 5.91 Å². The lowest BCUT2D eigenvalue weighted by molar-refractivity contribution is 0.0983. The Hall–Kier alpha value is -2.10. The zero-order valence-electron chi connectivity index (χ0n) is 12.6. The predicted octanol–water partition coefficient (Wildman–Crippen LogP) is 3.53. The van der Waals surface area contributed by atoms with Crippen molar-refractivity contribution < 1.29 is 9.32 Å². The average molecular weight is 284 g/mol. The molecular weight excluding hydrogens is 264 g/mol. The van der Waals surface area contributed by atoms with Crippen LogP contribution >= 0.6 is 0 Å². The van der Waals surface area contributed by atoms with Crippen LogP contribution in [0.1, 0.15) is 46.6 Å². The summed E-state index contributed by atoms with van der Waals surface area (Å²) in [5, 5.41) is 4.05. The van der Waals surface area contributed by atoms with Gasteiger partial charge in [0.1, 0.15) is 5.76 Å². The van der Waals surface area contributed by atoms with Crippen LogP contribution < -0.4 is 4.90 Å². The van der Waals surface area contributed by atoms with Crippen molar-refractivity contribution in [3.63, 3.8) is 0 Å². The van der Waals surface area contributed by atoms with Gasteiger partial charge < -0.3 is 9.42 Å². The second-order valence-corrected chi connectivity index (χ2v) is 5.64. The van der Waals surface area contributed by atoms with Gasteiger partial charge >= 0.3 is 0 Å². The lowest BCUT2D eigenvalue weighted by atomic mass is 10.1. The third-order valence-electron chi connectivity index (χ3n) is 4.18. The van der Waals surface area contributed by atoms with Crippen molar-refractivity contribution in [2.24, 2.45) is 0 Å². The van der Waals surface area contributed by atoms with Crippen LogP contribution in [0.2, 0.25) is 0 Å². The number of rotatable bonds is 2. The molecule has 0 saturated carbocycles. The van der Waals surface area contributed by atoms with Crippen molar-refractivity contribution >= 4 is 11.6 Å². The van der Waals surface area contributed by atoms with Gasteiger partial charge in [-0.05, 0) is 37.8 Å². The number of aromatic nitrogens is 1. The molecule has 21 heavy (non-hydrogen) atoms. The lowest BCUT2D eigenvalue weighted by Gasteiger charge is -2.18. The molecule has 0 radical (unpaired) electrons. The fraction of sp³-hybridized carbons (Fsp3) is 0.412. The summed E-state index contributed by atoms with van der Waals surface area (Å²) in [5.74, 6) is 0.810. The Balaban J connectivity index is 1.92. The second-order valence-electron chi connectivity index (χ2n) is 5.64. The van der Waals surface area contributed by atoms with Crippen molar-refractivity contribution in [3.8, 4) is 0 Å². The Morgan fingerprint density at radius 2 is 1.95 bits per heavy atom. The SMILES string of the molecule is Cc1ccccc1N(C)C(=O)c1noc2c1CCCCC2. The monoisotopic (exact) mass is 284 g/mol. The molecule has 0 aliphatic heterocycles. The molecule has 0 fully saturated rings. The predicted molar refractivity (Wildman–Crippen MR) is 81.7 cm³/mol. The first-order valence-electron chi connectivity index (χ1n) is 7.49. The normalized spacial score (nSPS) is 14.4. The first-order chi connectivity index (χ1) is 10.2. The molecular formula is C17H20N2O2. The van der Waals surface area contributed by atoms with Gasteiger partial charge in [-0.1, -0.05) is 29.8 Å². The highest BCUT2D eigenvalue weighted by Crippen LogP contribution is 2.26. The second kappa shape index (κ2) is 5.72. The Labute approximate surface area is 124 Å². The van der Waals surface area contributed by atoms with E-state index in [9.17, 15) is 4.79 Å². The fourth-order valence-electron chi connectivity index (χ4n) is 2.94. The van der Waals surface area contributed by atoms with Gasteiger partial charge in [-0.2, -0.15) is 0 Å². The Morgan fingerprint density at radius 3 is 2.76 bits per heavy atom. The molecule has 3 rings (SSSR count). The van der Waals surface area contributed by atoms with Gasteiger partial charge in [-0.15, -0.1) is 0 Å². The number of para-hydroxylation sites is 1. The number of benzene rings is 1. The number of aryl methyl sites for hydroxylation is 2. The Kier molecular flexibility index (Phi) is 3.78. The maximum atomic E-state index is 12.7. The Bertz CT molecular complexity index is 661. The van der Waals surface area contributed by atoms with Crippen molar-refractivity contribution in [2.75, 3.05) is 11.9 Å². The van der Waals surface area contributed by atoms with Crippen LogP contribution in [0.4, 0.5) is 5.69 Å². The zero-order chi connectivity index (χ0) is 14.8. The van der Waals surface area contributed by atoms with Gasteiger partial charge in [-0.25, -0.2) is 0 Å². The summed E-state index contributed by atoms with van der Waals surface area (Å²) in [6, 6.07) is 7.86. The smallest absolute Gasteiger partial charge is 0.280 e. The number of nitrogens with zero attached hydrogens (tertiary/aromatic N) is 2. The minimum absolute atomic E-state index is 0.0869. The summed E-state index contributed by atoms with van der Waals surface area (Å²) in [6.45, 7) is 2.00. The van der Waals surface area contributed by atoms with E-state index in [0.29, 0.717) is 5.69 Å². The standard InChI is InChI=1S/C17H20N2O2/c1-12-8-6-7-10-14(12)19(2)17(20)16-13-9-4-3-5-11-15(13)21-18-16/h6-8,10H,3-5,9,11H2,1-2H3. The first-order valence-corrected chi connectivity index (χ1v) is 7.49. The molecule has 0 N–H and O–H groups in total. The maximum absolute atomic E-state index is 12.7. The van der Waals surface area contributed by atoms with E-state index < -0.39 is 0 Å². The summed E-state index contributed by atoms with van der Waals surface area (Å²) in [7, 11) is 1.79. The molecule has 0 spiro atoms. The number of fused-ring (bicyclic) bond motifs is 1. The molecule has 1 aliphatic carbocycles. The number of amides is 1. The zero-order valence-corrected chi connectivity index (χ0v) is 12.6. The summed E-state index contributed by atoms with van der Waals surface area (Å²) < 4.78 is 5.41. The summed E-state index contributed by atoms with van der Waals surface area (Å²) >= 11 is 0. The molecule has 0 unspecified atom stereocenters. The molecule has 0 bridgehead atoms. The molecule has 1 amide bonds. The quantitative estimate of drug-likeness (QED) is 0.793. The number of carbonyl (C=O) groups is 1. The van der Waals surface area contributed by atoms with Crippen LogP contribution in [0.25, 0.3) is 0 Å². The minimum Gasteiger partial charge on any atom is -0.360 e. The van der Waals surface area contributed by atoms with Crippen molar-refractivity contribution in [1.82, 2.24) is 5.16 Å². The van der Waals surface area contributed by atoms with Crippen molar-refractivity contribution in [3.05, 3.63) is 46.8 Å². The van der Waals surface area contributed by atoms with Crippen LogP contribution in [0.15, 0.2) is 28.8 Å². The van der Waals surface area contributed by atoms with Gasteiger partial charge in [0.15, 0.2) is 5.69 Å². The Morgan fingerprint density at radius 1 is 1.19 bits per heavy atom. The van der Waals surface area contributed by atoms with Crippen molar-refractivity contribution in [2.45, 2.75) is 39.0 Å².